The second-order valence-electron chi connectivity index (χ2n) is 4.78. The lowest BCUT2D eigenvalue weighted by Crippen LogP contribution is -2.20. The van der Waals surface area contributed by atoms with Crippen LogP contribution in [0, 0.1) is 20.8 Å². The molecule has 2 nitrogen and oxygen atoms in total. The van der Waals surface area contributed by atoms with Crippen LogP contribution >= 0.6 is 11.3 Å². The summed E-state index contributed by atoms with van der Waals surface area (Å²) in [5.41, 5.74) is 2.58. The number of ether oxygens (including phenoxy) is 1. The van der Waals surface area contributed by atoms with Crippen molar-refractivity contribution < 1.29 is 4.74 Å². The molecule has 0 spiro atoms. The molecule has 102 valence electrons. The van der Waals surface area contributed by atoms with Crippen molar-refractivity contribution >= 4 is 11.3 Å². The monoisotopic (exact) mass is 275 g/mol. The van der Waals surface area contributed by atoms with Gasteiger partial charge in [0, 0.05) is 22.8 Å². The first-order chi connectivity index (χ1) is 9.15. The molecule has 0 saturated carbocycles. The number of benzene rings is 1. The molecule has 0 amide bonds. The molecular weight excluding hydrogens is 254 g/mol. The van der Waals surface area contributed by atoms with Crippen LogP contribution in [0.25, 0.3) is 0 Å². The molecule has 0 saturated heterocycles. The highest BCUT2D eigenvalue weighted by Crippen LogP contribution is 2.16. The molecule has 3 heteroatoms. The molecule has 0 radical (unpaired) electrons. The van der Waals surface area contributed by atoms with Crippen molar-refractivity contribution in [2.75, 3.05) is 13.2 Å². The molecule has 2 aromatic rings. The van der Waals surface area contributed by atoms with Crippen LogP contribution in [-0.4, -0.2) is 13.2 Å². The summed E-state index contributed by atoms with van der Waals surface area (Å²) in [7, 11) is 0. The molecule has 0 atom stereocenters. The van der Waals surface area contributed by atoms with E-state index < -0.39 is 0 Å². The first-order valence-electron chi connectivity index (χ1n) is 6.61. The predicted molar refractivity (Wildman–Crippen MR) is 82.2 cm³/mol. The molecule has 0 fully saturated rings. The standard InChI is InChI=1S/C16H21NOS/c1-12-4-6-15(10-13(12)2)18-9-8-17-11-16-7-5-14(3)19-16/h4-7,10,17H,8-9,11H2,1-3H3. The fourth-order valence-corrected chi connectivity index (χ4v) is 2.70. The number of hydrogen-bond acceptors (Lipinski definition) is 3. The Kier molecular flexibility index (Phi) is 5.00. The van der Waals surface area contributed by atoms with Crippen LogP contribution in [0.4, 0.5) is 0 Å². The van der Waals surface area contributed by atoms with Crippen LogP contribution in [0.15, 0.2) is 30.3 Å². The topological polar surface area (TPSA) is 21.3 Å². The minimum atomic E-state index is 0.701. The molecule has 0 aliphatic carbocycles. The van der Waals surface area contributed by atoms with Crippen molar-refractivity contribution in [3.8, 4) is 5.75 Å². The molecule has 0 bridgehead atoms. The molecule has 1 N–H and O–H groups in total. The van der Waals surface area contributed by atoms with Gasteiger partial charge in [-0.25, -0.2) is 0 Å². The summed E-state index contributed by atoms with van der Waals surface area (Å²) >= 11 is 1.84. The fourth-order valence-electron chi connectivity index (χ4n) is 1.84. The van der Waals surface area contributed by atoms with Crippen LogP contribution in [-0.2, 0) is 6.54 Å². The van der Waals surface area contributed by atoms with Crippen molar-refractivity contribution in [2.24, 2.45) is 0 Å². The minimum Gasteiger partial charge on any atom is -0.492 e. The maximum absolute atomic E-state index is 5.73. The van der Waals surface area contributed by atoms with Gasteiger partial charge in [-0.3, -0.25) is 0 Å². The van der Waals surface area contributed by atoms with Gasteiger partial charge in [-0.15, -0.1) is 11.3 Å². The van der Waals surface area contributed by atoms with E-state index in [1.54, 1.807) is 0 Å². The first-order valence-corrected chi connectivity index (χ1v) is 7.43. The first kappa shape index (κ1) is 14.1. The van der Waals surface area contributed by atoms with Crippen molar-refractivity contribution in [1.82, 2.24) is 5.32 Å². The minimum absolute atomic E-state index is 0.701. The van der Waals surface area contributed by atoms with E-state index in [1.807, 2.05) is 17.4 Å². The van der Waals surface area contributed by atoms with Gasteiger partial charge in [0.15, 0.2) is 0 Å². The van der Waals surface area contributed by atoms with E-state index in [0.29, 0.717) is 6.61 Å². The van der Waals surface area contributed by atoms with Gasteiger partial charge in [-0.2, -0.15) is 0 Å². The van der Waals surface area contributed by atoms with E-state index in [2.05, 4.69) is 50.4 Å². The average Bonchev–Trinajstić information content (AvgIpc) is 2.79. The van der Waals surface area contributed by atoms with Gasteiger partial charge in [-0.05, 0) is 56.2 Å². The molecule has 1 heterocycles. The highest BCUT2D eigenvalue weighted by Gasteiger charge is 1.98. The third-order valence-electron chi connectivity index (χ3n) is 3.12. The van der Waals surface area contributed by atoms with E-state index in [0.717, 1.165) is 18.8 Å². The molecule has 19 heavy (non-hydrogen) atoms. The number of aryl methyl sites for hydroxylation is 3. The normalized spacial score (nSPS) is 10.7. The van der Waals surface area contributed by atoms with Gasteiger partial charge in [0.25, 0.3) is 0 Å². The molecule has 1 aromatic carbocycles. The smallest absolute Gasteiger partial charge is 0.119 e. The summed E-state index contributed by atoms with van der Waals surface area (Å²) in [6, 6.07) is 10.6. The summed E-state index contributed by atoms with van der Waals surface area (Å²) in [6.07, 6.45) is 0. The second kappa shape index (κ2) is 6.73. The summed E-state index contributed by atoms with van der Waals surface area (Å²) in [6.45, 7) is 8.85. The summed E-state index contributed by atoms with van der Waals surface area (Å²) in [5, 5.41) is 3.40. The molecular formula is C16H21NOS. The highest BCUT2D eigenvalue weighted by atomic mass is 32.1. The van der Waals surface area contributed by atoms with Crippen LogP contribution < -0.4 is 10.1 Å². The van der Waals surface area contributed by atoms with E-state index in [-0.39, 0.29) is 0 Å². The Hall–Kier alpha value is -1.32. The number of nitrogens with one attached hydrogen (secondary N) is 1. The zero-order valence-corrected chi connectivity index (χ0v) is 12.6. The van der Waals surface area contributed by atoms with E-state index in [1.165, 1.54) is 20.9 Å². The van der Waals surface area contributed by atoms with Crippen LogP contribution in [0.1, 0.15) is 20.9 Å². The molecule has 2 rings (SSSR count). The van der Waals surface area contributed by atoms with Crippen LogP contribution in [0.5, 0.6) is 5.75 Å². The predicted octanol–water partition coefficient (Wildman–Crippen LogP) is 3.84. The lowest BCUT2D eigenvalue weighted by Gasteiger charge is -2.08. The Morgan fingerprint density at radius 1 is 1.05 bits per heavy atom. The average molecular weight is 275 g/mol. The number of hydrogen-bond donors (Lipinski definition) is 1. The number of rotatable bonds is 6. The zero-order valence-electron chi connectivity index (χ0n) is 11.8. The van der Waals surface area contributed by atoms with Crippen molar-refractivity contribution in [1.29, 1.82) is 0 Å². The third kappa shape index (κ3) is 4.37. The Bertz CT molecular complexity index is 533. The quantitative estimate of drug-likeness (QED) is 0.809. The van der Waals surface area contributed by atoms with Gasteiger partial charge in [0.2, 0.25) is 0 Å². The van der Waals surface area contributed by atoms with Gasteiger partial charge >= 0.3 is 0 Å². The van der Waals surface area contributed by atoms with Crippen molar-refractivity contribution in [3.05, 3.63) is 51.2 Å². The van der Waals surface area contributed by atoms with Crippen LogP contribution in [0.2, 0.25) is 0 Å². The fraction of sp³-hybridized carbons (Fsp3) is 0.375. The lowest BCUT2D eigenvalue weighted by molar-refractivity contribution is 0.313. The highest BCUT2D eigenvalue weighted by molar-refractivity contribution is 7.11. The Balaban J connectivity index is 1.67. The van der Waals surface area contributed by atoms with E-state index in [4.69, 9.17) is 4.74 Å². The van der Waals surface area contributed by atoms with Crippen LogP contribution in [0.3, 0.4) is 0 Å². The summed E-state index contributed by atoms with van der Waals surface area (Å²) in [4.78, 5) is 2.74. The zero-order chi connectivity index (χ0) is 13.7. The Labute approximate surface area is 119 Å². The van der Waals surface area contributed by atoms with E-state index >= 15 is 0 Å². The van der Waals surface area contributed by atoms with Gasteiger partial charge < -0.3 is 10.1 Å². The molecule has 0 aliphatic rings. The van der Waals surface area contributed by atoms with Gasteiger partial charge in [0.05, 0.1) is 0 Å². The maximum Gasteiger partial charge on any atom is 0.119 e. The van der Waals surface area contributed by atoms with Crippen molar-refractivity contribution in [2.45, 2.75) is 27.3 Å². The summed E-state index contributed by atoms with van der Waals surface area (Å²) < 4.78 is 5.73. The van der Waals surface area contributed by atoms with E-state index in [9.17, 15) is 0 Å². The maximum atomic E-state index is 5.73. The SMILES string of the molecule is Cc1ccc(CNCCOc2ccc(C)c(C)c2)s1. The molecule has 0 aliphatic heterocycles. The molecule has 1 aromatic heterocycles. The summed E-state index contributed by atoms with van der Waals surface area (Å²) in [5.74, 6) is 0.955. The van der Waals surface area contributed by atoms with Crippen molar-refractivity contribution in [3.63, 3.8) is 0 Å². The lowest BCUT2D eigenvalue weighted by atomic mass is 10.1. The van der Waals surface area contributed by atoms with Gasteiger partial charge in [-0.1, -0.05) is 6.07 Å². The molecule has 0 unspecified atom stereocenters. The third-order valence-corrected chi connectivity index (χ3v) is 4.12. The largest absolute Gasteiger partial charge is 0.492 e. The Morgan fingerprint density at radius 3 is 2.58 bits per heavy atom. The Morgan fingerprint density at radius 2 is 1.89 bits per heavy atom. The number of thiophene rings is 1. The second-order valence-corrected chi connectivity index (χ2v) is 6.16. The van der Waals surface area contributed by atoms with Gasteiger partial charge in [0.1, 0.15) is 12.4 Å².